The van der Waals surface area contributed by atoms with Crippen LogP contribution in [0.5, 0.6) is 5.75 Å². The second kappa shape index (κ2) is 5.14. The number of rotatable bonds is 5. The molecule has 0 saturated heterocycles. The predicted octanol–water partition coefficient (Wildman–Crippen LogP) is 2.13. The highest BCUT2D eigenvalue weighted by Crippen LogP contribution is 2.30. The van der Waals surface area contributed by atoms with Crippen LogP contribution in [0.4, 0.5) is 5.69 Å². The number of nitrogens with zero attached hydrogens (tertiary/aromatic N) is 1. The van der Waals surface area contributed by atoms with Gasteiger partial charge < -0.3 is 10.5 Å². The summed E-state index contributed by atoms with van der Waals surface area (Å²) >= 11 is 0. The molecule has 5 nitrogen and oxygen atoms in total. The van der Waals surface area contributed by atoms with Crippen molar-refractivity contribution in [2.45, 2.75) is 20.3 Å². The third-order valence-corrected chi connectivity index (χ3v) is 2.71. The molecule has 2 N–H and O–H groups in total. The first kappa shape index (κ1) is 13.4. The number of nitrogens with two attached hydrogens (primary N) is 1. The molecule has 1 aromatic carbocycles. The van der Waals surface area contributed by atoms with Crippen molar-refractivity contribution in [3.63, 3.8) is 0 Å². The first-order valence-electron chi connectivity index (χ1n) is 5.41. The van der Waals surface area contributed by atoms with Crippen LogP contribution in [0.25, 0.3) is 0 Å². The number of hydrogen-bond donors (Lipinski definition) is 1. The maximum absolute atomic E-state index is 11.0. The highest BCUT2D eigenvalue weighted by molar-refractivity contribution is 5.46. The molecule has 0 aliphatic carbocycles. The highest BCUT2D eigenvalue weighted by atomic mass is 16.6. The summed E-state index contributed by atoms with van der Waals surface area (Å²) < 4.78 is 4.99. The van der Waals surface area contributed by atoms with Crippen LogP contribution in [0.3, 0.4) is 0 Å². The quantitative estimate of drug-likeness (QED) is 0.629. The number of nitro benzene ring substituents is 1. The summed E-state index contributed by atoms with van der Waals surface area (Å²) in [5, 5.41) is 11.0. The minimum Gasteiger partial charge on any atom is -0.497 e. The van der Waals surface area contributed by atoms with E-state index in [1.165, 1.54) is 13.2 Å². The van der Waals surface area contributed by atoms with Crippen molar-refractivity contribution < 1.29 is 9.66 Å². The zero-order valence-electron chi connectivity index (χ0n) is 10.4. The molecule has 0 aliphatic rings. The van der Waals surface area contributed by atoms with Gasteiger partial charge in [-0.1, -0.05) is 13.8 Å². The highest BCUT2D eigenvalue weighted by Gasteiger charge is 2.23. The van der Waals surface area contributed by atoms with Gasteiger partial charge in [0.1, 0.15) is 5.75 Å². The molecular formula is C12H18N2O3. The van der Waals surface area contributed by atoms with Crippen LogP contribution in [0.1, 0.15) is 19.4 Å². The summed E-state index contributed by atoms with van der Waals surface area (Å²) in [4.78, 5) is 10.6. The second-order valence-electron chi connectivity index (χ2n) is 4.80. The topological polar surface area (TPSA) is 78.4 Å². The van der Waals surface area contributed by atoms with E-state index in [1.54, 1.807) is 12.1 Å². The van der Waals surface area contributed by atoms with Crippen molar-refractivity contribution in [1.82, 2.24) is 0 Å². The third kappa shape index (κ3) is 3.42. The lowest BCUT2D eigenvalue weighted by molar-refractivity contribution is -0.385. The molecule has 0 bridgehead atoms. The number of methoxy groups -OCH3 is 1. The molecule has 0 heterocycles. The van der Waals surface area contributed by atoms with Crippen LogP contribution in [0.2, 0.25) is 0 Å². The van der Waals surface area contributed by atoms with Crippen LogP contribution in [0.15, 0.2) is 18.2 Å². The molecule has 1 rings (SSSR count). The van der Waals surface area contributed by atoms with Crippen molar-refractivity contribution in [1.29, 1.82) is 0 Å². The van der Waals surface area contributed by atoms with Gasteiger partial charge in [0.25, 0.3) is 5.69 Å². The number of hydrogen-bond acceptors (Lipinski definition) is 4. The molecule has 0 atom stereocenters. The molecule has 0 fully saturated rings. The summed E-state index contributed by atoms with van der Waals surface area (Å²) in [5.74, 6) is 0.492. The van der Waals surface area contributed by atoms with Gasteiger partial charge >= 0.3 is 0 Å². The lowest BCUT2D eigenvalue weighted by Crippen LogP contribution is -2.26. The molecule has 0 spiro atoms. The zero-order valence-corrected chi connectivity index (χ0v) is 10.4. The smallest absolute Gasteiger partial charge is 0.276 e. The molecular weight excluding hydrogens is 220 g/mol. The number of benzene rings is 1. The van der Waals surface area contributed by atoms with E-state index in [-0.39, 0.29) is 16.0 Å². The van der Waals surface area contributed by atoms with Crippen molar-refractivity contribution >= 4 is 5.69 Å². The van der Waals surface area contributed by atoms with Gasteiger partial charge in [0.15, 0.2) is 0 Å². The number of ether oxygens (including phenoxy) is 1. The Hall–Kier alpha value is -1.62. The SMILES string of the molecule is COc1ccc(CC(C)(C)CN)c([N+](=O)[O-])c1. The van der Waals surface area contributed by atoms with E-state index in [1.807, 2.05) is 13.8 Å². The largest absolute Gasteiger partial charge is 0.497 e. The Kier molecular flexibility index (Phi) is 4.07. The Labute approximate surface area is 101 Å². The van der Waals surface area contributed by atoms with Crippen LogP contribution < -0.4 is 10.5 Å². The monoisotopic (exact) mass is 238 g/mol. The average molecular weight is 238 g/mol. The van der Waals surface area contributed by atoms with Gasteiger partial charge in [-0.05, 0) is 30.5 Å². The predicted molar refractivity (Wildman–Crippen MR) is 66.2 cm³/mol. The lowest BCUT2D eigenvalue weighted by Gasteiger charge is -2.22. The van der Waals surface area contributed by atoms with Gasteiger partial charge in [-0.3, -0.25) is 10.1 Å². The third-order valence-electron chi connectivity index (χ3n) is 2.71. The summed E-state index contributed by atoms with van der Waals surface area (Å²) in [6.45, 7) is 4.46. The van der Waals surface area contributed by atoms with E-state index in [2.05, 4.69) is 0 Å². The first-order valence-corrected chi connectivity index (χ1v) is 5.41. The minimum atomic E-state index is -0.384. The lowest BCUT2D eigenvalue weighted by atomic mass is 9.85. The fourth-order valence-electron chi connectivity index (χ4n) is 1.58. The van der Waals surface area contributed by atoms with Gasteiger partial charge in [0.2, 0.25) is 0 Å². The van der Waals surface area contributed by atoms with E-state index in [0.29, 0.717) is 24.3 Å². The van der Waals surface area contributed by atoms with E-state index in [4.69, 9.17) is 10.5 Å². The molecule has 94 valence electrons. The van der Waals surface area contributed by atoms with E-state index >= 15 is 0 Å². The normalized spacial score (nSPS) is 11.3. The van der Waals surface area contributed by atoms with Crippen molar-refractivity contribution in [2.75, 3.05) is 13.7 Å². The zero-order chi connectivity index (χ0) is 13.1. The van der Waals surface area contributed by atoms with Crippen LogP contribution in [-0.2, 0) is 6.42 Å². The van der Waals surface area contributed by atoms with E-state index in [9.17, 15) is 10.1 Å². The van der Waals surface area contributed by atoms with Crippen LogP contribution in [-0.4, -0.2) is 18.6 Å². The molecule has 0 radical (unpaired) electrons. The van der Waals surface area contributed by atoms with Gasteiger partial charge in [-0.2, -0.15) is 0 Å². The summed E-state index contributed by atoms with van der Waals surface area (Å²) in [6, 6.07) is 4.91. The van der Waals surface area contributed by atoms with Crippen LogP contribution >= 0.6 is 0 Å². The average Bonchev–Trinajstić information content (AvgIpc) is 2.29. The van der Waals surface area contributed by atoms with E-state index < -0.39 is 0 Å². The molecule has 5 heteroatoms. The van der Waals surface area contributed by atoms with Crippen LogP contribution in [0, 0.1) is 15.5 Å². The Morgan fingerprint density at radius 2 is 2.12 bits per heavy atom. The Balaban J connectivity index is 3.11. The van der Waals surface area contributed by atoms with Gasteiger partial charge in [-0.15, -0.1) is 0 Å². The summed E-state index contributed by atoms with van der Waals surface area (Å²) in [6.07, 6.45) is 0.573. The Morgan fingerprint density at radius 1 is 1.47 bits per heavy atom. The van der Waals surface area contributed by atoms with Gasteiger partial charge in [-0.25, -0.2) is 0 Å². The second-order valence-corrected chi connectivity index (χ2v) is 4.80. The summed E-state index contributed by atoms with van der Waals surface area (Å²) in [5.41, 5.74) is 6.26. The maximum Gasteiger partial charge on any atom is 0.276 e. The maximum atomic E-state index is 11.0. The number of nitro groups is 1. The Morgan fingerprint density at radius 3 is 2.59 bits per heavy atom. The standard InChI is InChI=1S/C12H18N2O3/c1-12(2,8-13)7-9-4-5-10(17-3)6-11(9)14(15)16/h4-6H,7-8,13H2,1-3H3. The molecule has 0 saturated carbocycles. The Bertz CT molecular complexity index is 416. The molecule has 17 heavy (non-hydrogen) atoms. The fourth-order valence-corrected chi connectivity index (χ4v) is 1.58. The van der Waals surface area contributed by atoms with Crippen molar-refractivity contribution in [3.8, 4) is 5.75 Å². The molecule has 0 unspecified atom stereocenters. The van der Waals surface area contributed by atoms with Crippen molar-refractivity contribution in [2.24, 2.45) is 11.1 Å². The molecule has 0 amide bonds. The van der Waals surface area contributed by atoms with Gasteiger partial charge in [0.05, 0.1) is 18.1 Å². The van der Waals surface area contributed by atoms with Gasteiger partial charge in [0, 0.05) is 5.56 Å². The first-order chi connectivity index (χ1) is 7.89. The molecule has 0 aromatic heterocycles. The molecule has 0 aliphatic heterocycles. The van der Waals surface area contributed by atoms with Crippen molar-refractivity contribution in [3.05, 3.63) is 33.9 Å². The minimum absolute atomic E-state index is 0.0888. The van der Waals surface area contributed by atoms with E-state index in [0.717, 1.165) is 0 Å². The fraction of sp³-hybridized carbons (Fsp3) is 0.500. The summed E-state index contributed by atoms with van der Waals surface area (Å²) in [7, 11) is 1.49. The molecule has 1 aromatic rings.